The Morgan fingerprint density at radius 1 is 1.24 bits per heavy atom. The normalized spacial score (nSPS) is 18.8. The summed E-state index contributed by atoms with van der Waals surface area (Å²) >= 11 is 0. The van der Waals surface area contributed by atoms with Gasteiger partial charge in [0.2, 0.25) is 0 Å². The zero-order valence-electron chi connectivity index (χ0n) is 11.3. The molecule has 17 heavy (non-hydrogen) atoms. The Balaban J connectivity index is 2.61. The van der Waals surface area contributed by atoms with Gasteiger partial charge in [-0.3, -0.25) is 4.79 Å². The maximum atomic E-state index is 11.8. The van der Waals surface area contributed by atoms with E-state index in [1.54, 1.807) is 6.92 Å². The van der Waals surface area contributed by atoms with Crippen molar-refractivity contribution in [2.45, 2.75) is 70.9 Å². The Morgan fingerprint density at radius 3 is 2.18 bits per heavy atom. The van der Waals surface area contributed by atoms with Crippen molar-refractivity contribution in [2.75, 3.05) is 0 Å². The molecule has 1 N–H and O–H groups in total. The van der Waals surface area contributed by atoms with E-state index in [4.69, 9.17) is 4.74 Å². The van der Waals surface area contributed by atoms with Crippen molar-refractivity contribution in [3.05, 3.63) is 0 Å². The number of carbonyl (C=O) groups excluding carboxylic acids is 2. The maximum Gasteiger partial charge on any atom is 0.408 e. The number of carbonyl (C=O) groups is 2. The molecule has 0 bridgehead atoms. The number of ketones is 1. The van der Waals surface area contributed by atoms with Gasteiger partial charge < -0.3 is 10.1 Å². The van der Waals surface area contributed by atoms with Crippen LogP contribution in [0.1, 0.15) is 59.8 Å². The van der Waals surface area contributed by atoms with Crippen LogP contribution >= 0.6 is 0 Å². The second-order valence-electron chi connectivity index (χ2n) is 5.99. The third kappa shape index (κ3) is 4.75. The largest absolute Gasteiger partial charge is 0.444 e. The zero-order valence-corrected chi connectivity index (χ0v) is 11.3. The molecule has 1 fully saturated rings. The molecular weight excluding hydrogens is 218 g/mol. The van der Waals surface area contributed by atoms with Gasteiger partial charge in [-0.25, -0.2) is 4.79 Å². The predicted molar refractivity (Wildman–Crippen MR) is 65.9 cm³/mol. The number of rotatable bonds is 3. The fourth-order valence-electron chi connectivity index (χ4n) is 2.39. The summed E-state index contributed by atoms with van der Waals surface area (Å²) in [5.41, 5.74) is -0.867. The van der Waals surface area contributed by atoms with Crippen LogP contribution in [-0.2, 0) is 9.53 Å². The molecule has 0 unspecified atom stereocenters. The van der Waals surface area contributed by atoms with E-state index < -0.39 is 11.7 Å². The smallest absolute Gasteiger partial charge is 0.408 e. The fraction of sp³-hybridized carbons (Fsp3) is 0.846. The molecule has 1 aliphatic carbocycles. The van der Waals surface area contributed by atoms with Gasteiger partial charge in [0, 0.05) is 6.42 Å². The molecule has 4 nitrogen and oxygen atoms in total. The average molecular weight is 241 g/mol. The fourth-order valence-corrected chi connectivity index (χ4v) is 2.39. The first-order chi connectivity index (χ1) is 7.72. The number of ether oxygens (including phenoxy) is 1. The van der Waals surface area contributed by atoms with E-state index in [2.05, 4.69) is 5.32 Å². The molecular formula is C13H23NO3. The third-order valence-electron chi connectivity index (χ3n) is 2.91. The summed E-state index contributed by atoms with van der Waals surface area (Å²) in [7, 11) is 0. The molecule has 1 amide bonds. The van der Waals surface area contributed by atoms with Crippen LogP contribution in [-0.4, -0.2) is 23.0 Å². The molecule has 0 heterocycles. The Bertz CT molecular complexity index is 298. The first-order valence-corrected chi connectivity index (χ1v) is 6.23. The topological polar surface area (TPSA) is 55.4 Å². The molecule has 0 radical (unpaired) electrons. The van der Waals surface area contributed by atoms with Gasteiger partial charge in [0.25, 0.3) is 0 Å². The molecule has 98 valence electrons. The minimum Gasteiger partial charge on any atom is -0.444 e. The van der Waals surface area contributed by atoms with Crippen molar-refractivity contribution >= 4 is 11.9 Å². The third-order valence-corrected chi connectivity index (χ3v) is 2.91. The van der Waals surface area contributed by atoms with Crippen LogP contribution in [0.15, 0.2) is 0 Å². The lowest BCUT2D eigenvalue weighted by atomic mass is 9.91. The molecule has 0 atom stereocenters. The van der Waals surface area contributed by atoms with Crippen LogP contribution in [0.25, 0.3) is 0 Å². The highest BCUT2D eigenvalue weighted by molar-refractivity contribution is 5.78. The van der Waals surface area contributed by atoms with Gasteiger partial charge in [-0.2, -0.15) is 0 Å². The molecule has 1 rings (SSSR count). The highest BCUT2D eigenvalue weighted by atomic mass is 16.6. The van der Waals surface area contributed by atoms with Crippen LogP contribution in [0.4, 0.5) is 4.79 Å². The predicted octanol–water partition coefficient (Wildman–Crippen LogP) is 2.80. The summed E-state index contributed by atoms with van der Waals surface area (Å²) in [5, 5.41) is 2.90. The van der Waals surface area contributed by atoms with Crippen molar-refractivity contribution in [3.8, 4) is 0 Å². The van der Waals surface area contributed by atoms with Gasteiger partial charge in [-0.15, -0.1) is 0 Å². The summed E-state index contributed by atoms with van der Waals surface area (Å²) in [6.45, 7) is 7.06. The van der Waals surface area contributed by atoms with Crippen molar-refractivity contribution < 1.29 is 14.3 Å². The van der Waals surface area contributed by atoms with Crippen molar-refractivity contribution in [1.29, 1.82) is 0 Å². The highest BCUT2D eigenvalue weighted by Gasteiger charge is 2.37. The number of nitrogens with one attached hydrogen (secondary N) is 1. The molecule has 1 aliphatic rings. The second-order valence-corrected chi connectivity index (χ2v) is 5.99. The number of hydrogen-bond acceptors (Lipinski definition) is 3. The Hall–Kier alpha value is -1.06. The molecule has 0 saturated heterocycles. The SMILES string of the molecule is CC(=O)CC1(NC(=O)OC(C)(C)C)CCCC1. The monoisotopic (exact) mass is 241 g/mol. The van der Waals surface area contributed by atoms with Crippen molar-refractivity contribution in [3.63, 3.8) is 0 Å². The number of amides is 1. The maximum absolute atomic E-state index is 11.8. The van der Waals surface area contributed by atoms with E-state index in [1.165, 1.54) is 0 Å². The molecule has 1 saturated carbocycles. The minimum atomic E-state index is -0.500. The summed E-state index contributed by atoms with van der Waals surface area (Å²) in [6.07, 6.45) is 3.84. The first kappa shape index (κ1) is 14.0. The molecule has 0 aromatic carbocycles. The van der Waals surface area contributed by atoms with Crippen LogP contribution in [0.3, 0.4) is 0 Å². The standard InChI is InChI=1S/C13H23NO3/c1-10(15)9-13(7-5-6-8-13)14-11(16)17-12(2,3)4/h5-9H2,1-4H3,(H,14,16). The van der Waals surface area contributed by atoms with E-state index in [1.807, 2.05) is 20.8 Å². The van der Waals surface area contributed by atoms with Crippen LogP contribution in [0.2, 0.25) is 0 Å². The van der Waals surface area contributed by atoms with E-state index in [-0.39, 0.29) is 11.3 Å². The Morgan fingerprint density at radius 2 is 1.76 bits per heavy atom. The van der Waals surface area contributed by atoms with Crippen LogP contribution in [0.5, 0.6) is 0 Å². The molecule has 0 aliphatic heterocycles. The molecule has 0 spiro atoms. The summed E-state index contributed by atoms with van der Waals surface area (Å²) in [6, 6.07) is 0. The van der Waals surface area contributed by atoms with E-state index in [0.29, 0.717) is 6.42 Å². The first-order valence-electron chi connectivity index (χ1n) is 6.23. The van der Waals surface area contributed by atoms with E-state index in [9.17, 15) is 9.59 Å². The Labute approximate surface area is 103 Å². The lowest BCUT2D eigenvalue weighted by molar-refractivity contribution is -0.118. The van der Waals surface area contributed by atoms with Gasteiger partial charge in [0.05, 0.1) is 5.54 Å². The van der Waals surface area contributed by atoms with Gasteiger partial charge in [0.1, 0.15) is 11.4 Å². The van der Waals surface area contributed by atoms with Gasteiger partial charge in [-0.1, -0.05) is 12.8 Å². The van der Waals surface area contributed by atoms with E-state index >= 15 is 0 Å². The van der Waals surface area contributed by atoms with E-state index in [0.717, 1.165) is 25.7 Å². The summed E-state index contributed by atoms with van der Waals surface area (Å²) < 4.78 is 5.24. The van der Waals surface area contributed by atoms with Crippen LogP contribution in [0, 0.1) is 0 Å². The summed E-state index contributed by atoms with van der Waals surface area (Å²) in [5.74, 6) is 0.114. The van der Waals surface area contributed by atoms with Crippen molar-refractivity contribution in [2.24, 2.45) is 0 Å². The number of alkyl carbamates (subject to hydrolysis) is 1. The molecule has 4 heteroatoms. The second kappa shape index (κ2) is 5.07. The number of Topliss-reactive ketones (excluding diaryl/α,β-unsaturated/α-hetero) is 1. The Kier molecular flexibility index (Phi) is 4.17. The minimum absolute atomic E-state index is 0.114. The lowest BCUT2D eigenvalue weighted by Crippen LogP contribution is -2.49. The highest BCUT2D eigenvalue weighted by Crippen LogP contribution is 2.33. The summed E-state index contributed by atoms with van der Waals surface area (Å²) in [4.78, 5) is 23.0. The average Bonchev–Trinajstić information content (AvgIpc) is 2.47. The number of hydrogen-bond donors (Lipinski definition) is 1. The zero-order chi connectivity index (χ0) is 13.1. The van der Waals surface area contributed by atoms with Crippen molar-refractivity contribution in [1.82, 2.24) is 5.32 Å². The quantitative estimate of drug-likeness (QED) is 0.826. The van der Waals surface area contributed by atoms with Gasteiger partial charge >= 0.3 is 6.09 Å². The van der Waals surface area contributed by atoms with Gasteiger partial charge in [-0.05, 0) is 40.5 Å². The van der Waals surface area contributed by atoms with Crippen LogP contribution < -0.4 is 5.32 Å². The molecule has 0 aromatic rings. The molecule has 0 aromatic heterocycles. The van der Waals surface area contributed by atoms with Gasteiger partial charge in [0.15, 0.2) is 0 Å². The lowest BCUT2D eigenvalue weighted by Gasteiger charge is -2.31.